The molecule has 1 heteroatoms. The Hall–Kier alpha value is -0.455. The minimum atomic E-state index is 0.727. The van der Waals surface area contributed by atoms with E-state index in [1.165, 1.54) is 0 Å². The van der Waals surface area contributed by atoms with E-state index in [-0.39, 0.29) is 0 Å². The first-order chi connectivity index (χ1) is 4.72. The van der Waals surface area contributed by atoms with Crippen molar-refractivity contribution < 1.29 is 0 Å². The van der Waals surface area contributed by atoms with E-state index in [0.717, 1.165) is 17.7 Å². The Morgan fingerprint density at radius 2 is 1.80 bits per heavy atom. The zero-order chi connectivity index (χ0) is 7.56. The van der Waals surface area contributed by atoms with Gasteiger partial charge in [0, 0.05) is 0 Å². The third kappa shape index (κ3) is 1.53. The summed E-state index contributed by atoms with van der Waals surface area (Å²) in [5.74, 6) is 2.26. The van der Waals surface area contributed by atoms with Gasteiger partial charge in [-0.25, -0.2) is 0 Å². The molecule has 0 nitrogen and oxygen atoms in total. The Balaban J connectivity index is 2.61. The lowest BCUT2D eigenvalue weighted by molar-refractivity contribution is 0.468. The zero-order valence-corrected chi connectivity index (χ0v) is 7.04. The second-order valence-electron chi connectivity index (χ2n) is 3.45. The van der Waals surface area contributed by atoms with E-state index in [0.29, 0.717) is 0 Å². The van der Waals surface area contributed by atoms with Gasteiger partial charge in [-0.1, -0.05) is 38.2 Å². The van der Waals surface area contributed by atoms with Crippen molar-refractivity contribution in [2.24, 2.45) is 11.8 Å². The summed E-state index contributed by atoms with van der Waals surface area (Å²) in [7, 11) is 2.28. The molecule has 54 valence electrons. The predicted octanol–water partition coefficient (Wildman–Crippen LogP) is 1.81. The fourth-order valence-corrected chi connectivity index (χ4v) is 1.56. The van der Waals surface area contributed by atoms with Crippen LogP contribution in [-0.2, 0) is 0 Å². The number of rotatable bonds is 1. The van der Waals surface area contributed by atoms with E-state index in [2.05, 4.69) is 46.0 Å². The van der Waals surface area contributed by atoms with Gasteiger partial charge in [0.15, 0.2) is 0 Å². The molecule has 0 heterocycles. The first kappa shape index (κ1) is 7.65. The van der Waals surface area contributed by atoms with E-state index >= 15 is 0 Å². The van der Waals surface area contributed by atoms with E-state index in [1.807, 2.05) is 0 Å². The second kappa shape index (κ2) is 3.09. The van der Waals surface area contributed by atoms with Gasteiger partial charge in [-0.3, -0.25) is 0 Å². The maximum absolute atomic E-state index is 2.31. The van der Waals surface area contributed by atoms with Crippen LogP contribution in [0.4, 0.5) is 0 Å². The quantitative estimate of drug-likeness (QED) is 0.479. The number of hydrogen-bond donors (Lipinski definition) is 0. The minimum absolute atomic E-state index is 0.727. The first-order valence-corrected chi connectivity index (χ1v) is 4.07. The largest absolute Gasteiger partial charge is 0.111 e. The Morgan fingerprint density at radius 3 is 2.20 bits per heavy atom. The summed E-state index contributed by atoms with van der Waals surface area (Å²) in [4.78, 5) is 0. The molecule has 0 fully saturated rings. The summed E-state index contributed by atoms with van der Waals surface area (Å²) >= 11 is 0. The summed E-state index contributed by atoms with van der Waals surface area (Å²) in [6.45, 7) is 4.56. The normalized spacial score (nSPS) is 31.5. The molecule has 0 N–H and O–H groups in total. The van der Waals surface area contributed by atoms with Crippen LogP contribution < -0.4 is 0 Å². The average molecular weight is 134 g/mol. The molecule has 0 amide bonds. The van der Waals surface area contributed by atoms with Crippen LogP contribution in [0.2, 0.25) is 5.82 Å². The van der Waals surface area contributed by atoms with Gasteiger partial charge in [0.25, 0.3) is 0 Å². The molecule has 0 aromatic carbocycles. The van der Waals surface area contributed by atoms with Crippen molar-refractivity contribution in [3.63, 3.8) is 0 Å². The van der Waals surface area contributed by atoms with E-state index in [9.17, 15) is 0 Å². The number of allylic oxidation sites excluding steroid dienone is 4. The van der Waals surface area contributed by atoms with Crippen LogP contribution in [0.5, 0.6) is 0 Å². The molecule has 0 spiro atoms. The Labute approximate surface area is 64.4 Å². The van der Waals surface area contributed by atoms with Crippen molar-refractivity contribution in [2.75, 3.05) is 0 Å². The van der Waals surface area contributed by atoms with Crippen molar-refractivity contribution >= 4 is 7.85 Å². The van der Waals surface area contributed by atoms with Crippen molar-refractivity contribution in [3.05, 3.63) is 24.3 Å². The molecule has 0 aromatic heterocycles. The molecule has 0 saturated carbocycles. The van der Waals surface area contributed by atoms with Crippen LogP contribution in [-0.4, -0.2) is 7.85 Å². The van der Waals surface area contributed by atoms with Crippen LogP contribution in [0.15, 0.2) is 24.3 Å². The topological polar surface area (TPSA) is 0 Å². The fourth-order valence-electron chi connectivity index (χ4n) is 1.56. The Bertz CT molecular complexity index is 156. The van der Waals surface area contributed by atoms with Crippen LogP contribution in [0.25, 0.3) is 0 Å². The highest BCUT2D eigenvalue weighted by molar-refractivity contribution is 6.13. The highest BCUT2D eigenvalue weighted by Crippen LogP contribution is 2.28. The Morgan fingerprint density at radius 1 is 1.20 bits per heavy atom. The molecule has 0 aromatic rings. The zero-order valence-electron chi connectivity index (χ0n) is 7.04. The van der Waals surface area contributed by atoms with Gasteiger partial charge in [-0.2, -0.15) is 0 Å². The van der Waals surface area contributed by atoms with Gasteiger partial charge >= 0.3 is 0 Å². The third-order valence-electron chi connectivity index (χ3n) is 2.24. The summed E-state index contributed by atoms with van der Waals surface area (Å²) in [5.41, 5.74) is 0. The standard InChI is InChI=1S/C9H15B/c1-7(2)8-5-3-4-6-9(8)10/h3-9H,10H2,1-2H3. The maximum Gasteiger partial charge on any atom is 0.111 e. The first-order valence-electron chi connectivity index (χ1n) is 4.07. The number of hydrogen-bond acceptors (Lipinski definition) is 0. The SMILES string of the molecule is BC1C=CC=CC1C(C)C. The van der Waals surface area contributed by atoms with Gasteiger partial charge in [-0.05, 0) is 17.7 Å². The smallest absolute Gasteiger partial charge is 0.0888 e. The molecule has 2 atom stereocenters. The van der Waals surface area contributed by atoms with Gasteiger partial charge in [0.1, 0.15) is 7.85 Å². The minimum Gasteiger partial charge on any atom is -0.0888 e. The molecule has 0 aliphatic heterocycles. The van der Waals surface area contributed by atoms with Crippen LogP contribution in [0, 0.1) is 11.8 Å². The molecule has 1 aliphatic rings. The monoisotopic (exact) mass is 134 g/mol. The van der Waals surface area contributed by atoms with E-state index in [1.54, 1.807) is 0 Å². The van der Waals surface area contributed by atoms with Crippen LogP contribution >= 0.6 is 0 Å². The molecular weight excluding hydrogens is 119 g/mol. The summed E-state index contributed by atoms with van der Waals surface area (Å²) < 4.78 is 0. The lowest BCUT2D eigenvalue weighted by Gasteiger charge is -2.23. The van der Waals surface area contributed by atoms with Gasteiger partial charge < -0.3 is 0 Å². The maximum atomic E-state index is 2.31. The van der Waals surface area contributed by atoms with E-state index < -0.39 is 0 Å². The van der Waals surface area contributed by atoms with Crippen molar-refractivity contribution in [2.45, 2.75) is 19.7 Å². The van der Waals surface area contributed by atoms with Crippen molar-refractivity contribution in [1.29, 1.82) is 0 Å². The Kier molecular flexibility index (Phi) is 2.36. The average Bonchev–Trinajstić information content (AvgIpc) is 1.88. The predicted molar refractivity (Wildman–Crippen MR) is 48.9 cm³/mol. The summed E-state index contributed by atoms with van der Waals surface area (Å²) in [6.07, 6.45) is 8.90. The van der Waals surface area contributed by atoms with Gasteiger partial charge in [0.2, 0.25) is 0 Å². The van der Waals surface area contributed by atoms with Crippen LogP contribution in [0.3, 0.4) is 0 Å². The molecule has 0 bridgehead atoms. The molecule has 10 heavy (non-hydrogen) atoms. The highest BCUT2D eigenvalue weighted by Gasteiger charge is 2.16. The fraction of sp³-hybridized carbons (Fsp3) is 0.556. The highest BCUT2D eigenvalue weighted by atomic mass is 14.2. The second-order valence-corrected chi connectivity index (χ2v) is 3.45. The third-order valence-corrected chi connectivity index (χ3v) is 2.24. The summed E-state index contributed by atoms with van der Waals surface area (Å²) in [5, 5.41) is 0. The van der Waals surface area contributed by atoms with Gasteiger partial charge in [0.05, 0.1) is 0 Å². The van der Waals surface area contributed by atoms with Crippen LogP contribution in [0.1, 0.15) is 13.8 Å². The lowest BCUT2D eigenvalue weighted by atomic mass is 9.70. The van der Waals surface area contributed by atoms with E-state index in [4.69, 9.17) is 0 Å². The summed E-state index contributed by atoms with van der Waals surface area (Å²) in [6, 6.07) is 0. The van der Waals surface area contributed by atoms with Crippen molar-refractivity contribution in [1.82, 2.24) is 0 Å². The molecule has 1 aliphatic carbocycles. The molecule has 2 unspecified atom stereocenters. The molecule has 0 radical (unpaired) electrons. The molecule has 0 saturated heterocycles. The molecular formula is C9H15B. The van der Waals surface area contributed by atoms with Gasteiger partial charge in [-0.15, -0.1) is 0 Å². The van der Waals surface area contributed by atoms with Crippen molar-refractivity contribution in [3.8, 4) is 0 Å². The molecule has 1 rings (SSSR count). The lowest BCUT2D eigenvalue weighted by Crippen LogP contribution is -2.13.